The standard InChI is InChI=1S/C16H21NO4/c18-15(8-7-14-6-1-2-9-21-14)17-11-12-4-3-5-13(10-12)16(19)20/h3-5,10,14H,1-2,6-9,11H2,(H,17,18)(H,19,20). The minimum absolute atomic E-state index is 0.0232. The second-order valence-electron chi connectivity index (χ2n) is 5.31. The number of nitrogens with one attached hydrogen (secondary N) is 1. The molecule has 0 aromatic heterocycles. The molecule has 1 fully saturated rings. The highest BCUT2D eigenvalue weighted by molar-refractivity contribution is 5.87. The molecule has 1 amide bonds. The SMILES string of the molecule is O=C(CCC1CCCCO1)NCc1cccc(C(=O)O)c1. The van der Waals surface area contributed by atoms with Gasteiger partial charge in [-0.25, -0.2) is 4.79 Å². The first-order valence-electron chi connectivity index (χ1n) is 7.35. The fourth-order valence-electron chi connectivity index (χ4n) is 2.43. The summed E-state index contributed by atoms with van der Waals surface area (Å²) in [4.78, 5) is 22.7. The summed E-state index contributed by atoms with van der Waals surface area (Å²) in [7, 11) is 0. The Balaban J connectivity index is 1.73. The van der Waals surface area contributed by atoms with Crippen molar-refractivity contribution < 1.29 is 19.4 Å². The Morgan fingerprint density at radius 1 is 1.33 bits per heavy atom. The molecule has 114 valence electrons. The first kappa shape index (κ1) is 15.5. The molecule has 0 spiro atoms. The van der Waals surface area contributed by atoms with Gasteiger partial charge in [-0.2, -0.15) is 0 Å². The molecule has 0 aliphatic carbocycles. The number of rotatable bonds is 6. The van der Waals surface area contributed by atoms with Gasteiger partial charge >= 0.3 is 5.97 Å². The quantitative estimate of drug-likeness (QED) is 0.843. The van der Waals surface area contributed by atoms with Crippen LogP contribution < -0.4 is 5.32 Å². The predicted molar refractivity (Wildman–Crippen MR) is 78.1 cm³/mol. The van der Waals surface area contributed by atoms with Gasteiger partial charge < -0.3 is 15.2 Å². The lowest BCUT2D eigenvalue weighted by Gasteiger charge is -2.22. The van der Waals surface area contributed by atoms with Gasteiger partial charge in [-0.1, -0.05) is 12.1 Å². The topological polar surface area (TPSA) is 75.6 Å². The Kier molecular flexibility index (Phi) is 5.75. The summed E-state index contributed by atoms with van der Waals surface area (Å²) in [5.74, 6) is -0.984. The van der Waals surface area contributed by atoms with Crippen LogP contribution in [0.5, 0.6) is 0 Å². The number of carbonyl (C=O) groups is 2. The van der Waals surface area contributed by atoms with Crippen molar-refractivity contribution in [3.63, 3.8) is 0 Å². The van der Waals surface area contributed by atoms with Crippen LogP contribution in [0.1, 0.15) is 48.0 Å². The van der Waals surface area contributed by atoms with Gasteiger partial charge in [-0.15, -0.1) is 0 Å². The summed E-state index contributed by atoms with van der Waals surface area (Å²) in [5.41, 5.74) is 1.02. The highest BCUT2D eigenvalue weighted by Crippen LogP contribution is 2.16. The number of hydrogen-bond donors (Lipinski definition) is 2. The van der Waals surface area contributed by atoms with Crippen LogP contribution >= 0.6 is 0 Å². The molecular weight excluding hydrogens is 270 g/mol. The van der Waals surface area contributed by atoms with Crippen molar-refractivity contribution in [1.82, 2.24) is 5.32 Å². The zero-order chi connectivity index (χ0) is 15.1. The third-order valence-corrected chi connectivity index (χ3v) is 3.63. The summed E-state index contributed by atoms with van der Waals surface area (Å²) < 4.78 is 5.59. The molecule has 1 aromatic carbocycles. The molecular formula is C16H21NO4. The number of hydrogen-bond acceptors (Lipinski definition) is 3. The van der Waals surface area contributed by atoms with Gasteiger partial charge in [0.1, 0.15) is 0 Å². The van der Waals surface area contributed by atoms with Crippen LogP contribution in [0, 0.1) is 0 Å². The van der Waals surface area contributed by atoms with Crippen LogP contribution in [0.4, 0.5) is 0 Å². The van der Waals surface area contributed by atoms with E-state index in [9.17, 15) is 9.59 Å². The zero-order valence-electron chi connectivity index (χ0n) is 12.0. The Morgan fingerprint density at radius 3 is 2.90 bits per heavy atom. The van der Waals surface area contributed by atoms with Crippen molar-refractivity contribution in [3.8, 4) is 0 Å². The third kappa shape index (κ3) is 5.19. The lowest BCUT2D eigenvalue weighted by Crippen LogP contribution is -2.26. The second kappa shape index (κ2) is 7.78. The smallest absolute Gasteiger partial charge is 0.335 e. The second-order valence-corrected chi connectivity index (χ2v) is 5.31. The Labute approximate surface area is 124 Å². The van der Waals surface area contributed by atoms with Gasteiger partial charge in [-0.3, -0.25) is 4.79 Å². The van der Waals surface area contributed by atoms with Crippen molar-refractivity contribution >= 4 is 11.9 Å². The van der Waals surface area contributed by atoms with E-state index in [0.29, 0.717) is 13.0 Å². The third-order valence-electron chi connectivity index (χ3n) is 3.63. The largest absolute Gasteiger partial charge is 0.478 e. The van der Waals surface area contributed by atoms with Crippen molar-refractivity contribution in [1.29, 1.82) is 0 Å². The Hall–Kier alpha value is -1.88. The maximum atomic E-state index is 11.8. The molecule has 2 N–H and O–H groups in total. The minimum Gasteiger partial charge on any atom is -0.478 e. The molecule has 1 heterocycles. The first-order valence-corrected chi connectivity index (χ1v) is 7.35. The zero-order valence-corrected chi connectivity index (χ0v) is 12.0. The maximum Gasteiger partial charge on any atom is 0.335 e. The number of ether oxygens (including phenoxy) is 1. The lowest BCUT2D eigenvalue weighted by atomic mass is 10.0. The summed E-state index contributed by atoms with van der Waals surface area (Å²) in [5, 5.41) is 11.7. The van der Waals surface area contributed by atoms with Crippen molar-refractivity contribution in [2.75, 3.05) is 6.61 Å². The normalized spacial score (nSPS) is 18.2. The number of carboxylic acids is 1. The van der Waals surface area contributed by atoms with E-state index in [1.54, 1.807) is 18.2 Å². The predicted octanol–water partition coefficient (Wildman–Crippen LogP) is 2.35. The molecule has 5 heteroatoms. The van der Waals surface area contributed by atoms with Crippen LogP contribution in [-0.4, -0.2) is 29.7 Å². The van der Waals surface area contributed by atoms with Gasteiger partial charge in [-0.05, 0) is 43.4 Å². The van der Waals surface area contributed by atoms with E-state index in [0.717, 1.165) is 31.4 Å². The number of carboxylic acid groups (broad SMARTS) is 1. The average molecular weight is 291 g/mol. The van der Waals surface area contributed by atoms with Crippen LogP contribution in [0.3, 0.4) is 0 Å². The summed E-state index contributed by atoms with van der Waals surface area (Å²) in [6.45, 7) is 1.15. The molecule has 21 heavy (non-hydrogen) atoms. The molecule has 1 saturated heterocycles. The number of aromatic carboxylic acids is 1. The molecule has 2 rings (SSSR count). The summed E-state index contributed by atoms with van der Waals surface area (Å²) >= 11 is 0. The van der Waals surface area contributed by atoms with E-state index in [1.807, 2.05) is 0 Å². The van der Waals surface area contributed by atoms with E-state index in [1.165, 1.54) is 12.5 Å². The molecule has 0 radical (unpaired) electrons. The van der Waals surface area contributed by atoms with E-state index in [4.69, 9.17) is 9.84 Å². The van der Waals surface area contributed by atoms with Gasteiger partial charge in [0.05, 0.1) is 11.7 Å². The molecule has 1 atom stereocenters. The number of benzene rings is 1. The van der Waals surface area contributed by atoms with Crippen LogP contribution in [-0.2, 0) is 16.1 Å². The Morgan fingerprint density at radius 2 is 2.19 bits per heavy atom. The molecule has 1 aliphatic rings. The van der Waals surface area contributed by atoms with Crippen LogP contribution in [0.25, 0.3) is 0 Å². The fraction of sp³-hybridized carbons (Fsp3) is 0.500. The van der Waals surface area contributed by atoms with Gasteiger partial charge in [0.25, 0.3) is 0 Å². The number of amides is 1. The van der Waals surface area contributed by atoms with E-state index in [2.05, 4.69) is 5.32 Å². The van der Waals surface area contributed by atoms with Gasteiger partial charge in [0.2, 0.25) is 5.91 Å². The van der Waals surface area contributed by atoms with Gasteiger partial charge in [0.15, 0.2) is 0 Å². The monoisotopic (exact) mass is 291 g/mol. The molecule has 0 saturated carbocycles. The minimum atomic E-state index is -0.961. The highest BCUT2D eigenvalue weighted by Gasteiger charge is 2.15. The maximum absolute atomic E-state index is 11.8. The average Bonchev–Trinajstić information content (AvgIpc) is 2.52. The number of carbonyl (C=O) groups excluding carboxylic acids is 1. The molecule has 1 aromatic rings. The summed E-state index contributed by atoms with van der Waals surface area (Å²) in [6.07, 6.45) is 4.73. The lowest BCUT2D eigenvalue weighted by molar-refractivity contribution is -0.122. The van der Waals surface area contributed by atoms with Crippen molar-refractivity contribution in [2.24, 2.45) is 0 Å². The molecule has 1 aliphatic heterocycles. The summed E-state index contributed by atoms with van der Waals surface area (Å²) in [6, 6.07) is 6.60. The van der Waals surface area contributed by atoms with Crippen LogP contribution in [0.15, 0.2) is 24.3 Å². The highest BCUT2D eigenvalue weighted by atomic mass is 16.5. The van der Waals surface area contributed by atoms with Crippen LogP contribution in [0.2, 0.25) is 0 Å². The molecule has 5 nitrogen and oxygen atoms in total. The first-order chi connectivity index (χ1) is 10.1. The Bertz CT molecular complexity index is 495. The van der Waals surface area contributed by atoms with E-state index >= 15 is 0 Å². The van der Waals surface area contributed by atoms with Crippen molar-refractivity contribution in [3.05, 3.63) is 35.4 Å². The fourth-order valence-corrected chi connectivity index (χ4v) is 2.43. The van der Waals surface area contributed by atoms with E-state index < -0.39 is 5.97 Å². The molecule has 0 bridgehead atoms. The molecule has 1 unspecified atom stereocenters. The van der Waals surface area contributed by atoms with Crippen molar-refractivity contribution in [2.45, 2.75) is 44.8 Å². The van der Waals surface area contributed by atoms with E-state index in [-0.39, 0.29) is 17.6 Å². The van der Waals surface area contributed by atoms with Gasteiger partial charge in [0, 0.05) is 19.6 Å².